The van der Waals surface area contributed by atoms with E-state index in [1.165, 1.54) is 0 Å². The highest BCUT2D eigenvalue weighted by atomic mass is 17.2. The topological polar surface area (TPSA) is 289 Å². The number of nitrogens with zero attached hydrogens (tertiary/aromatic N) is 1. The second-order valence-electron chi connectivity index (χ2n) is 6.29. The van der Waals surface area contributed by atoms with Gasteiger partial charge >= 0.3 is 17.9 Å². The first-order valence-electron chi connectivity index (χ1n) is 8.90. The number of carbonyl (C=O) groups excluding carboxylic acids is 6. The van der Waals surface area contributed by atoms with Gasteiger partial charge in [-0.1, -0.05) is 0 Å². The molecule has 0 saturated carbocycles. The first-order chi connectivity index (χ1) is 14.3. The van der Waals surface area contributed by atoms with Gasteiger partial charge in [-0.05, 0) is 19.3 Å². The lowest BCUT2D eigenvalue weighted by atomic mass is 10.1. The molecule has 0 aromatic carbocycles. The van der Waals surface area contributed by atoms with Crippen LogP contribution >= 0.6 is 0 Å². The van der Waals surface area contributed by atoms with Crippen molar-refractivity contribution in [1.82, 2.24) is 5.39 Å². The number of hydrogen-bond donors (Lipinski definition) is 6. The summed E-state index contributed by atoms with van der Waals surface area (Å²) in [4.78, 5) is 82.0. The van der Waals surface area contributed by atoms with Crippen LogP contribution in [0.3, 0.4) is 0 Å². The van der Waals surface area contributed by atoms with Crippen molar-refractivity contribution < 1.29 is 43.3 Å². The van der Waals surface area contributed by atoms with E-state index < -0.39 is 53.8 Å². The van der Waals surface area contributed by atoms with Gasteiger partial charge in [0.2, 0.25) is 23.1 Å². The molecule has 0 aliphatic heterocycles. The molecule has 176 valence electrons. The Bertz CT molecular complexity index is 597. The molecule has 0 radical (unpaired) electrons. The average molecular weight is 449 g/mol. The van der Waals surface area contributed by atoms with Crippen LogP contribution in [-0.2, 0) is 43.3 Å². The Hall–Kier alpha value is -3.34. The number of primary amides is 3. The summed E-state index contributed by atoms with van der Waals surface area (Å²) in [5, 5.41) is -0.272. The Balaban J connectivity index is 5.14. The van der Waals surface area contributed by atoms with Crippen LogP contribution in [0, 0.1) is 0 Å². The monoisotopic (exact) mass is 449 g/mol. The molecule has 0 aliphatic carbocycles. The highest BCUT2D eigenvalue weighted by molar-refractivity contribution is 5.80. The molecule has 0 saturated heterocycles. The quantitative estimate of drug-likeness (QED) is 0.128. The van der Waals surface area contributed by atoms with E-state index in [0.29, 0.717) is 0 Å². The Kier molecular flexibility index (Phi) is 12.3. The summed E-state index contributed by atoms with van der Waals surface area (Å²) < 4.78 is 0. The Morgan fingerprint density at radius 1 is 0.548 bits per heavy atom. The lowest BCUT2D eigenvalue weighted by Gasteiger charge is -2.21. The van der Waals surface area contributed by atoms with Crippen molar-refractivity contribution in [3.63, 3.8) is 0 Å². The van der Waals surface area contributed by atoms with Crippen molar-refractivity contribution >= 4 is 35.6 Å². The van der Waals surface area contributed by atoms with Crippen LogP contribution < -0.4 is 34.4 Å². The second kappa shape index (κ2) is 13.8. The van der Waals surface area contributed by atoms with Crippen molar-refractivity contribution in [1.29, 1.82) is 0 Å². The van der Waals surface area contributed by atoms with Gasteiger partial charge in [-0.2, -0.15) is 0 Å². The van der Waals surface area contributed by atoms with Crippen molar-refractivity contribution in [3.8, 4) is 0 Å². The van der Waals surface area contributed by atoms with Gasteiger partial charge in [0.1, 0.15) is 18.1 Å². The van der Waals surface area contributed by atoms with Crippen molar-refractivity contribution in [3.05, 3.63) is 0 Å². The fourth-order valence-corrected chi connectivity index (χ4v) is 1.73. The number of amides is 3. The lowest BCUT2D eigenvalue weighted by Crippen LogP contribution is -2.45. The van der Waals surface area contributed by atoms with Gasteiger partial charge in [0.25, 0.3) is 0 Å². The lowest BCUT2D eigenvalue weighted by molar-refractivity contribution is -0.465. The summed E-state index contributed by atoms with van der Waals surface area (Å²) in [6, 6.07) is -4.21. The maximum Gasteiger partial charge on any atom is 0.349 e. The van der Waals surface area contributed by atoms with Gasteiger partial charge in [0.05, 0.1) is 0 Å². The summed E-state index contributed by atoms with van der Waals surface area (Å²) in [5.74, 6) is -6.01. The first-order valence-corrected chi connectivity index (χ1v) is 8.90. The largest absolute Gasteiger partial charge is 0.370 e. The van der Waals surface area contributed by atoms with E-state index >= 15 is 0 Å². The Morgan fingerprint density at radius 3 is 0.968 bits per heavy atom. The summed E-state index contributed by atoms with van der Waals surface area (Å²) >= 11 is 0. The summed E-state index contributed by atoms with van der Waals surface area (Å²) in [6.45, 7) is 0. The molecular weight excluding hydrogens is 422 g/mol. The molecule has 16 heteroatoms. The molecule has 0 aromatic heterocycles. The minimum Gasteiger partial charge on any atom is -0.370 e. The fourth-order valence-electron chi connectivity index (χ4n) is 1.73. The van der Waals surface area contributed by atoms with Gasteiger partial charge in [0.15, 0.2) is 0 Å². The van der Waals surface area contributed by atoms with Crippen LogP contribution in [0.15, 0.2) is 0 Å². The van der Waals surface area contributed by atoms with E-state index in [1.807, 2.05) is 0 Å². The SMILES string of the molecule is NC(=O)CC[C@H](N)C(=O)ON(OC(=O)[C@@H](N)CCC(N)=O)OC(=O)[C@@H](N)CCC(N)=O. The normalized spacial score (nSPS) is 13.5. The maximum absolute atomic E-state index is 12.0. The zero-order chi connectivity index (χ0) is 24.1. The van der Waals surface area contributed by atoms with E-state index in [4.69, 9.17) is 34.4 Å². The van der Waals surface area contributed by atoms with Crippen LogP contribution in [0.4, 0.5) is 0 Å². The van der Waals surface area contributed by atoms with Gasteiger partial charge in [-0.15, -0.1) is 0 Å². The molecule has 0 aliphatic rings. The van der Waals surface area contributed by atoms with E-state index in [0.717, 1.165) is 0 Å². The average Bonchev–Trinajstić information content (AvgIpc) is 2.67. The van der Waals surface area contributed by atoms with Crippen LogP contribution in [0.2, 0.25) is 0 Å². The van der Waals surface area contributed by atoms with Crippen molar-refractivity contribution in [2.45, 2.75) is 56.7 Å². The van der Waals surface area contributed by atoms with Gasteiger partial charge in [-0.3, -0.25) is 28.9 Å². The smallest absolute Gasteiger partial charge is 0.349 e. The van der Waals surface area contributed by atoms with Gasteiger partial charge < -0.3 is 34.4 Å². The molecular formula is C15H27N7O9. The standard InChI is InChI=1S/C15H27N7O9/c16-7(1-4-10(19)23)13(26)29-22(30-14(27)8(17)2-5-11(20)24)31-15(28)9(18)3-6-12(21)25/h7-9H,1-6,16-18H2,(H2,19,23)(H2,20,24)(H2,21,25)/t7-,8-,9-/m0/s1. The van der Waals surface area contributed by atoms with Crippen LogP contribution in [0.25, 0.3) is 0 Å². The van der Waals surface area contributed by atoms with Crippen LogP contribution in [-0.4, -0.2) is 59.1 Å². The van der Waals surface area contributed by atoms with Crippen molar-refractivity contribution in [2.75, 3.05) is 0 Å². The van der Waals surface area contributed by atoms with E-state index in [1.54, 1.807) is 0 Å². The molecule has 0 rings (SSSR count). The molecule has 0 heterocycles. The highest BCUT2D eigenvalue weighted by Crippen LogP contribution is 2.07. The van der Waals surface area contributed by atoms with Gasteiger partial charge in [-0.25, -0.2) is 14.4 Å². The molecule has 16 nitrogen and oxygen atoms in total. The summed E-state index contributed by atoms with van der Waals surface area (Å²) in [6.07, 6.45) is -1.44. The summed E-state index contributed by atoms with van der Waals surface area (Å²) in [5.41, 5.74) is 31.4. The molecule has 3 atom stereocenters. The first kappa shape index (κ1) is 27.7. The van der Waals surface area contributed by atoms with E-state index in [2.05, 4.69) is 14.5 Å². The third-order valence-corrected chi connectivity index (χ3v) is 3.51. The minimum absolute atomic E-state index is 0.222. The number of hydrogen-bond acceptors (Lipinski definition) is 13. The molecule has 0 bridgehead atoms. The zero-order valence-corrected chi connectivity index (χ0v) is 16.6. The van der Waals surface area contributed by atoms with E-state index in [-0.39, 0.29) is 43.9 Å². The highest BCUT2D eigenvalue weighted by Gasteiger charge is 2.30. The zero-order valence-electron chi connectivity index (χ0n) is 16.6. The molecule has 3 amide bonds. The Morgan fingerprint density at radius 2 is 0.774 bits per heavy atom. The molecule has 0 unspecified atom stereocenters. The van der Waals surface area contributed by atoms with Crippen LogP contribution in [0.1, 0.15) is 38.5 Å². The predicted molar refractivity (Wildman–Crippen MR) is 99.3 cm³/mol. The Labute approximate surface area is 176 Å². The molecule has 12 N–H and O–H groups in total. The predicted octanol–water partition coefficient (Wildman–Crippen LogP) is -4.56. The number of carbonyl (C=O) groups is 6. The van der Waals surface area contributed by atoms with Gasteiger partial charge in [0, 0.05) is 19.3 Å². The van der Waals surface area contributed by atoms with Crippen molar-refractivity contribution in [2.24, 2.45) is 34.4 Å². The second-order valence-corrected chi connectivity index (χ2v) is 6.29. The molecule has 0 fully saturated rings. The maximum atomic E-state index is 12.0. The minimum atomic E-state index is -1.40. The number of rotatable bonds is 15. The molecule has 0 spiro atoms. The fraction of sp³-hybridized carbons (Fsp3) is 0.600. The molecule has 31 heavy (non-hydrogen) atoms. The third kappa shape index (κ3) is 12.7. The molecule has 0 aromatic rings. The number of nitrogens with two attached hydrogens (primary N) is 6. The summed E-state index contributed by atoms with van der Waals surface area (Å²) in [7, 11) is 0. The third-order valence-electron chi connectivity index (χ3n) is 3.51. The van der Waals surface area contributed by atoms with Crippen LogP contribution in [0.5, 0.6) is 0 Å². The van der Waals surface area contributed by atoms with E-state index in [9.17, 15) is 28.8 Å².